The average Bonchev–Trinajstić information content (AvgIpc) is 2.77. The van der Waals surface area contributed by atoms with Crippen molar-refractivity contribution in [2.45, 2.75) is 57.5 Å². The molecule has 0 saturated heterocycles. The number of carboxylic acid groups (broad SMARTS) is 1. The van der Waals surface area contributed by atoms with Crippen LogP contribution in [0.5, 0.6) is 11.5 Å². The molecular formula is C25H31ClO8S. The number of aromatic hydroxyl groups is 1. The number of aliphatic hydroxyl groups is 1. The minimum Gasteiger partial charge on any atom is -0.507 e. The molecule has 8 nitrogen and oxygen atoms in total. The largest absolute Gasteiger partial charge is 0.507 e. The first-order valence-electron chi connectivity index (χ1n) is 11.3. The quantitative estimate of drug-likeness (QED) is 0.254. The Hall–Kier alpha value is -2.62. The fraction of sp³-hybridized carbons (Fsp3) is 0.440. The number of aliphatic hydroxyl groups excluding tert-OH is 1. The van der Waals surface area contributed by atoms with E-state index >= 15 is 0 Å². The van der Waals surface area contributed by atoms with Crippen LogP contribution in [0.3, 0.4) is 0 Å². The van der Waals surface area contributed by atoms with E-state index in [1.807, 2.05) is 6.92 Å². The number of carbonyl (C=O) groups excluding carboxylic acids is 1. The van der Waals surface area contributed by atoms with Gasteiger partial charge in [0.15, 0.2) is 15.6 Å². The van der Waals surface area contributed by atoms with Crippen molar-refractivity contribution in [3.63, 3.8) is 0 Å². The van der Waals surface area contributed by atoms with Gasteiger partial charge >= 0.3 is 5.97 Å². The van der Waals surface area contributed by atoms with Gasteiger partial charge in [-0.25, -0.2) is 8.42 Å². The summed E-state index contributed by atoms with van der Waals surface area (Å²) >= 11 is 6.20. The Morgan fingerprint density at radius 3 is 2.43 bits per heavy atom. The third-order valence-electron chi connectivity index (χ3n) is 5.60. The highest BCUT2D eigenvalue weighted by molar-refractivity contribution is 7.91. The van der Waals surface area contributed by atoms with Crippen molar-refractivity contribution in [2.75, 3.05) is 12.4 Å². The standard InChI is InChI=1S/C25H31ClO8S/c1-4-6-19-21(9-8-18(16(3)27)25(19)31)34-11-5-12-35(32,33)22-10-7-17(14-20(22)26)24(30)15(2)13-23(28)29/h7-10,14-15,24,30-31H,4-6,11-13H2,1-3H3,(H,28,29). The second-order valence-electron chi connectivity index (χ2n) is 8.48. The Morgan fingerprint density at radius 1 is 1.17 bits per heavy atom. The molecule has 0 amide bonds. The smallest absolute Gasteiger partial charge is 0.303 e. The molecule has 0 aliphatic carbocycles. The number of halogens is 1. The molecule has 0 radical (unpaired) electrons. The van der Waals surface area contributed by atoms with Crippen LogP contribution in [0.1, 0.15) is 67.6 Å². The van der Waals surface area contributed by atoms with E-state index in [2.05, 4.69) is 0 Å². The Morgan fingerprint density at radius 2 is 1.86 bits per heavy atom. The Balaban J connectivity index is 2.07. The molecule has 0 heterocycles. The number of phenols is 1. The van der Waals surface area contributed by atoms with Crippen molar-refractivity contribution in [2.24, 2.45) is 5.92 Å². The summed E-state index contributed by atoms with van der Waals surface area (Å²) in [4.78, 5) is 22.5. The summed E-state index contributed by atoms with van der Waals surface area (Å²) < 4.78 is 31.3. The zero-order chi connectivity index (χ0) is 26.3. The van der Waals surface area contributed by atoms with Gasteiger partial charge in [-0.15, -0.1) is 0 Å². The molecule has 2 rings (SSSR count). The van der Waals surface area contributed by atoms with E-state index in [0.29, 0.717) is 23.3 Å². The predicted octanol–water partition coefficient (Wildman–Crippen LogP) is 4.59. The fourth-order valence-corrected chi connectivity index (χ4v) is 5.63. The minimum atomic E-state index is -3.76. The van der Waals surface area contributed by atoms with Crippen LogP contribution < -0.4 is 4.74 Å². The van der Waals surface area contributed by atoms with E-state index in [1.54, 1.807) is 13.0 Å². The molecule has 0 fully saturated rings. The van der Waals surface area contributed by atoms with Crippen molar-refractivity contribution < 1.29 is 38.1 Å². The van der Waals surface area contributed by atoms with E-state index in [9.17, 15) is 28.2 Å². The van der Waals surface area contributed by atoms with Gasteiger partial charge in [-0.1, -0.05) is 37.9 Å². The molecule has 0 spiro atoms. The van der Waals surface area contributed by atoms with Gasteiger partial charge in [-0.05, 0) is 55.5 Å². The van der Waals surface area contributed by atoms with Crippen LogP contribution in [0.15, 0.2) is 35.2 Å². The van der Waals surface area contributed by atoms with Crippen LogP contribution in [0, 0.1) is 5.92 Å². The number of benzene rings is 2. The topological polar surface area (TPSA) is 138 Å². The van der Waals surface area contributed by atoms with Crippen molar-refractivity contribution in [3.05, 3.63) is 52.0 Å². The summed E-state index contributed by atoms with van der Waals surface area (Å²) in [5.74, 6) is -1.84. The molecule has 0 saturated carbocycles. The first kappa shape index (κ1) is 28.6. The van der Waals surface area contributed by atoms with Crippen molar-refractivity contribution >= 4 is 33.2 Å². The van der Waals surface area contributed by atoms with Gasteiger partial charge in [0.25, 0.3) is 0 Å². The summed E-state index contributed by atoms with van der Waals surface area (Å²) in [5.41, 5.74) is 1.06. The van der Waals surface area contributed by atoms with Crippen molar-refractivity contribution in [1.82, 2.24) is 0 Å². The molecule has 0 bridgehead atoms. The van der Waals surface area contributed by atoms with E-state index in [1.165, 1.54) is 31.2 Å². The van der Waals surface area contributed by atoms with Gasteiger partial charge < -0.3 is 20.1 Å². The monoisotopic (exact) mass is 526 g/mol. The molecule has 2 aromatic rings. The third-order valence-corrected chi connectivity index (χ3v) is 7.88. The predicted molar refractivity (Wildman–Crippen MR) is 132 cm³/mol. The Labute approximate surface area is 210 Å². The summed E-state index contributed by atoms with van der Waals surface area (Å²) in [6, 6.07) is 7.15. The molecule has 0 aliphatic rings. The zero-order valence-electron chi connectivity index (χ0n) is 20.0. The summed E-state index contributed by atoms with van der Waals surface area (Å²) in [6.45, 7) is 4.94. The molecule has 2 atom stereocenters. The SMILES string of the molecule is CCCc1c(OCCCS(=O)(=O)c2ccc(C(O)C(C)CC(=O)O)cc2Cl)ccc(C(C)=O)c1O. The van der Waals surface area contributed by atoms with Crippen LogP contribution in [0.25, 0.3) is 0 Å². The number of carboxylic acids is 1. The van der Waals surface area contributed by atoms with Crippen LogP contribution in [-0.2, 0) is 21.1 Å². The summed E-state index contributed by atoms with van der Waals surface area (Å²) in [6.07, 6.45) is 0.0298. The van der Waals surface area contributed by atoms with Crippen molar-refractivity contribution in [1.29, 1.82) is 0 Å². The molecule has 3 N–H and O–H groups in total. The first-order chi connectivity index (χ1) is 16.4. The van der Waals surface area contributed by atoms with Crippen molar-refractivity contribution in [3.8, 4) is 11.5 Å². The number of carbonyl (C=O) groups is 2. The van der Waals surface area contributed by atoms with Gasteiger partial charge in [-0.3, -0.25) is 9.59 Å². The molecular weight excluding hydrogens is 496 g/mol. The highest BCUT2D eigenvalue weighted by Gasteiger charge is 2.23. The Kier molecular flexibility index (Phi) is 10.1. The van der Waals surface area contributed by atoms with Gasteiger partial charge in [0.05, 0.1) is 40.4 Å². The second-order valence-corrected chi connectivity index (χ2v) is 11.0. The molecule has 0 aliphatic heterocycles. The number of phenolic OH excluding ortho intramolecular Hbond substituents is 1. The number of Topliss-reactive ketones (excluding diaryl/α,β-unsaturated/α-hetero) is 1. The normalized spacial score (nSPS) is 13.3. The van der Waals surface area contributed by atoms with E-state index in [0.717, 1.165) is 6.42 Å². The highest BCUT2D eigenvalue weighted by atomic mass is 35.5. The molecule has 35 heavy (non-hydrogen) atoms. The minimum absolute atomic E-state index is 0.0556. The van der Waals surface area contributed by atoms with Gasteiger partial charge in [0.2, 0.25) is 0 Å². The number of sulfone groups is 1. The lowest BCUT2D eigenvalue weighted by molar-refractivity contribution is -0.139. The van der Waals surface area contributed by atoms with Gasteiger partial charge in [-0.2, -0.15) is 0 Å². The number of rotatable bonds is 13. The number of hydrogen-bond acceptors (Lipinski definition) is 7. The lowest BCUT2D eigenvalue weighted by atomic mass is 9.95. The maximum absolute atomic E-state index is 12.8. The summed E-state index contributed by atoms with van der Waals surface area (Å²) in [5, 5.41) is 29.6. The molecule has 0 aromatic heterocycles. The van der Waals surface area contributed by atoms with E-state index in [4.69, 9.17) is 21.4 Å². The third kappa shape index (κ3) is 7.43. The lowest BCUT2D eigenvalue weighted by Gasteiger charge is -2.18. The zero-order valence-corrected chi connectivity index (χ0v) is 21.5. The van der Waals surface area contributed by atoms with Gasteiger partial charge in [0, 0.05) is 5.56 Å². The number of aliphatic carboxylic acids is 1. The van der Waals surface area contributed by atoms with Crippen LogP contribution >= 0.6 is 11.6 Å². The Bertz CT molecular complexity index is 1180. The lowest BCUT2D eigenvalue weighted by Crippen LogP contribution is -2.15. The van der Waals surface area contributed by atoms with Crippen LogP contribution in [0.4, 0.5) is 0 Å². The number of ether oxygens (including phenoxy) is 1. The fourth-order valence-electron chi connectivity index (χ4n) is 3.74. The van der Waals surface area contributed by atoms with Crippen LogP contribution in [0.2, 0.25) is 5.02 Å². The molecule has 10 heteroatoms. The number of hydrogen-bond donors (Lipinski definition) is 3. The molecule has 2 aromatic carbocycles. The summed E-state index contributed by atoms with van der Waals surface area (Å²) in [7, 11) is -3.76. The van der Waals surface area contributed by atoms with Gasteiger partial charge in [0.1, 0.15) is 11.5 Å². The maximum atomic E-state index is 12.8. The van der Waals surface area contributed by atoms with Crippen LogP contribution in [-0.4, -0.2) is 47.8 Å². The average molecular weight is 527 g/mol. The molecule has 192 valence electrons. The van der Waals surface area contributed by atoms with E-state index < -0.39 is 27.8 Å². The highest BCUT2D eigenvalue weighted by Crippen LogP contribution is 2.34. The maximum Gasteiger partial charge on any atom is 0.303 e. The first-order valence-corrected chi connectivity index (χ1v) is 13.3. The molecule has 2 unspecified atom stereocenters. The second kappa shape index (κ2) is 12.4. The number of ketones is 1. The van der Waals surface area contributed by atoms with E-state index in [-0.39, 0.29) is 52.2 Å².